The van der Waals surface area contributed by atoms with E-state index in [1.807, 2.05) is 30.3 Å². The Morgan fingerprint density at radius 3 is 2.37 bits per heavy atom. The van der Waals surface area contributed by atoms with Crippen LogP contribution in [0.2, 0.25) is 0 Å². The molecule has 144 valence electrons. The van der Waals surface area contributed by atoms with Crippen LogP contribution < -0.4 is 14.5 Å². The molecule has 4 heteroatoms. The Morgan fingerprint density at radius 1 is 0.963 bits per heavy atom. The highest BCUT2D eigenvalue weighted by molar-refractivity contribution is 5.34. The number of allylic oxidation sites excluding steroid dienone is 1. The Hall–Kier alpha value is -2.14. The summed E-state index contributed by atoms with van der Waals surface area (Å²) in [4.78, 5) is 3.11. The first kappa shape index (κ1) is 19.6. The van der Waals surface area contributed by atoms with Crippen molar-refractivity contribution in [2.75, 3.05) is 39.3 Å². The van der Waals surface area contributed by atoms with Gasteiger partial charge in [-0.05, 0) is 18.1 Å². The summed E-state index contributed by atoms with van der Waals surface area (Å²) >= 11 is 0. The van der Waals surface area contributed by atoms with Crippen LogP contribution in [0.25, 0.3) is 0 Å². The minimum atomic E-state index is -0.438. The van der Waals surface area contributed by atoms with Crippen molar-refractivity contribution in [3.8, 4) is 5.75 Å². The van der Waals surface area contributed by atoms with Crippen molar-refractivity contribution < 1.29 is 19.6 Å². The quantitative estimate of drug-likeness (QED) is 0.551. The maximum atomic E-state index is 10.4. The second kappa shape index (κ2) is 10.3. The molecular weight excluding hydrogens is 336 g/mol. The first-order chi connectivity index (χ1) is 13.2. The monoisotopic (exact) mass is 368 g/mol. The molecule has 1 aliphatic heterocycles. The number of hydrogen-bond acceptors (Lipinski definition) is 2. The van der Waals surface area contributed by atoms with Gasteiger partial charge in [0.2, 0.25) is 0 Å². The molecule has 1 heterocycles. The van der Waals surface area contributed by atoms with E-state index in [2.05, 4.69) is 36.9 Å². The van der Waals surface area contributed by atoms with Crippen molar-refractivity contribution in [3.63, 3.8) is 0 Å². The van der Waals surface area contributed by atoms with Gasteiger partial charge in [0.15, 0.2) is 0 Å². The van der Waals surface area contributed by atoms with Crippen LogP contribution in [0.3, 0.4) is 0 Å². The molecule has 2 aromatic rings. The van der Waals surface area contributed by atoms with Crippen molar-refractivity contribution in [2.24, 2.45) is 0 Å². The molecule has 0 amide bonds. The van der Waals surface area contributed by atoms with E-state index in [9.17, 15) is 5.11 Å². The van der Waals surface area contributed by atoms with E-state index >= 15 is 0 Å². The van der Waals surface area contributed by atoms with Crippen molar-refractivity contribution in [2.45, 2.75) is 19.1 Å². The zero-order valence-corrected chi connectivity index (χ0v) is 16.1. The van der Waals surface area contributed by atoms with Gasteiger partial charge in [0.1, 0.15) is 57.7 Å². The van der Waals surface area contributed by atoms with Crippen LogP contribution in [0, 0.1) is 0 Å². The molecule has 1 atom stereocenters. The fraction of sp³-hybridized carbons (Fsp3) is 0.391. The zero-order chi connectivity index (χ0) is 18.9. The minimum absolute atomic E-state index is 0.345. The molecule has 0 unspecified atom stereocenters. The van der Waals surface area contributed by atoms with Gasteiger partial charge in [0.05, 0.1) is 0 Å². The molecule has 27 heavy (non-hydrogen) atoms. The first-order valence-corrected chi connectivity index (χ1v) is 9.95. The molecular formula is C23H32N2O2+2. The number of aliphatic hydroxyl groups is 1. The first-order valence-electron chi connectivity index (χ1n) is 9.95. The summed E-state index contributed by atoms with van der Waals surface area (Å²) in [6.07, 6.45) is 2.22. The normalized spacial score (nSPS) is 20.8. The van der Waals surface area contributed by atoms with Crippen molar-refractivity contribution in [1.82, 2.24) is 0 Å². The van der Waals surface area contributed by atoms with E-state index in [4.69, 9.17) is 4.74 Å². The molecule has 1 aliphatic rings. The third-order valence-corrected chi connectivity index (χ3v) is 5.25. The van der Waals surface area contributed by atoms with Crippen molar-refractivity contribution in [1.29, 1.82) is 0 Å². The number of rotatable bonds is 9. The van der Waals surface area contributed by atoms with Gasteiger partial charge < -0.3 is 19.6 Å². The number of hydrogen-bond donors (Lipinski definition) is 3. The fourth-order valence-electron chi connectivity index (χ4n) is 3.77. The summed E-state index contributed by atoms with van der Waals surface area (Å²) < 4.78 is 5.88. The molecule has 0 spiro atoms. The molecule has 4 nitrogen and oxygen atoms in total. The van der Waals surface area contributed by atoms with Gasteiger partial charge in [-0.25, -0.2) is 0 Å². The van der Waals surface area contributed by atoms with E-state index in [0.717, 1.165) is 57.0 Å². The van der Waals surface area contributed by atoms with Crippen LogP contribution in [0.5, 0.6) is 5.75 Å². The van der Waals surface area contributed by atoms with Crippen molar-refractivity contribution in [3.05, 3.63) is 78.4 Å². The highest BCUT2D eigenvalue weighted by atomic mass is 16.5. The second-order valence-electron chi connectivity index (χ2n) is 7.43. The molecule has 0 saturated carbocycles. The number of nitrogens with one attached hydrogen (secondary N) is 2. The zero-order valence-electron chi connectivity index (χ0n) is 16.1. The Balaban J connectivity index is 1.39. The third kappa shape index (κ3) is 6.21. The maximum absolute atomic E-state index is 10.4. The Kier molecular flexibility index (Phi) is 7.45. The molecule has 1 fully saturated rings. The molecule has 2 aromatic carbocycles. The van der Waals surface area contributed by atoms with E-state index in [1.165, 1.54) is 10.5 Å². The lowest BCUT2D eigenvalue weighted by Crippen LogP contribution is -3.28. The predicted octanol–water partition coefficient (Wildman–Crippen LogP) is 0.138. The molecule has 0 bridgehead atoms. The molecule has 1 saturated heterocycles. The second-order valence-corrected chi connectivity index (χ2v) is 7.43. The highest BCUT2D eigenvalue weighted by Gasteiger charge is 2.25. The Morgan fingerprint density at radius 2 is 1.63 bits per heavy atom. The summed E-state index contributed by atoms with van der Waals surface area (Å²) in [7, 11) is 0. The number of aliphatic hydroxyl groups excluding tert-OH is 1. The van der Waals surface area contributed by atoms with Crippen LogP contribution in [0.4, 0.5) is 0 Å². The molecule has 3 rings (SSSR count). The Bertz CT molecular complexity index is 697. The number of benzene rings is 2. The average molecular weight is 369 g/mol. The average Bonchev–Trinajstić information content (AvgIpc) is 2.70. The van der Waals surface area contributed by atoms with Crippen LogP contribution in [0.1, 0.15) is 11.1 Å². The maximum Gasteiger partial charge on any atom is 0.137 e. The van der Waals surface area contributed by atoms with Crippen LogP contribution >= 0.6 is 0 Å². The van der Waals surface area contributed by atoms with Gasteiger partial charge in [-0.1, -0.05) is 54.6 Å². The molecule has 0 radical (unpaired) electrons. The molecule has 0 aromatic heterocycles. The van der Waals surface area contributed by atoms with Gasteiger partial charge in [-0.15, -0.1) is 6.58 Å². The smallest absolute Gasteiger partial charge is 0.137 e. The topological polar surface area (TPSA) is 38.3 Å². The van der Waals surface area contributed by atoms with Gasteiger partial charge in [0.25, 0.3) is 0 Å². The van der Waals surface area contributed by atoms with Gasteiger partial charge in [-0.3, -0.25) is 0 Å². The van der Waals surface area contributed by atoms with Crippen LogP contribution in [-0.4, -0.2) is 50.5 Å². The van der Waals surface area contributed by atoms with Crippen molar-refractivity contribution >= 4 is 0 Å². The summed E-state index contributed by atoms with van der Waals surface area (Å²) in [6.45, 7) is 10.5. The predicted molar refractivity (Wildman–Crippen MR) is 108 cm³/mol. The SMILES string of the molecule is C=CCc1ccccc1OC[C@@H](O)C[NH+]1CC[NH+](Cc2ccccc2)CC1. The lowest BCUT2D eigenvalue weighted by molar-refractivity contribution is -1.02. The largest absolute Gasteiger partial charge is 0.490 e. The number of quaternary nitrogens is 2. The summed E-state index contributed by atoms with van der Waals surface area (Å²) in [5.41, 5.74) is 2.52. The van der Waals surface area contributed by atoms with Gasteiger partial charge >= 0.3 is 0 Å². The highest BCUT2D eigenvalue weighted by Crippen LogP contribution is 2.18. The van der Waals surface area contributed by atoms with E-state index in [1.54, 1.807) is 4.90 Å². The lowest BCUT2D eigenvalue weighted by atomic mass is 10.1. The Labute approximate surface area is 162 Å². The minimum Gasteiger partial charge on any atom is -0.490 e. The standard InChI is InChI=1S/C23H30N2O2/c1-2-8-21-11-6-7-12-23(21)27-19-22(26)18-25-15-13-24(14-16-25)17-20-9-4-3-5-10-20/h2-7,9-12,22,26H,1,8,13-19H2/p+2/t22-/m0/s1. The molecule has 0 aliphatic carbocycles. The van der Waals surface area contributed by atoms with E-state index in [0.29, 0.717) is 6.61 Å². The third-order valence-electron chi connectivity index (χ3n) is 5.25. The summed E-state index contributed by atoms with van der Waals surface area (Å²) in [5.74, 6) is 0.851. The number of para-hydroxylation sites is 1. The number of ether oxygens (including phenoxy) is 1. The van der Waals surface area contributed by atoms with E-state index in [-0.39, 0.29) is 0 Å². The van der Waals surface area contributed by atoms with Crippen LogP contribution in [-0.2, 0) is 13.0 Å². The van der Waals surface area contributed by atoms with E-state index < -0.39 is 6.10 Å². The van der Waals surface area contributed by atoms with Crippen LogP contribution in [0.15, 0.2) is 67.3 Å². The van der Waals surface area contributed by atoms with Gasteiger partial charge in [-0.2, -0.15) is 0 Å². The summed E-state index contributed by atoms with van der Waals surface area (Å²) in [5, 5.41) is 10.4. The fourth-order valence-corrected chi connectivity index (χ4v) is 3.77. The van der Waals surface area contributed by atoms with Gasteiger partial charge in [0, 0.05) is 5.56 Å². The number of piperazine rings is 1. The summed E-state index contributed by atoms with van der Waals surface area (Å²) in [6, 6.07) is 18.7. The molecule has 3 N–H and O–H groups in total. The lowest BCUT2D eigenvalue weighted by Gasteiger charge is -2.30.